The number of hydrogen-bond donors (Lipinski definition) is 3. The van der Waals surface area contributed by atoms with Crippen molar-refractivity contribution in [1.82, 2.24) is 5.32 Å². The maximum Gasteiger partial charge on any atom is 0.323 e. The van der Waals surface area contributed by atoms with Crippen LogP contribution in [0.3, 0.4) is 0 Å². The van der Waals surface area contributed by atoms with Gasteiger partial charge in [-0.2, -0.15) is 0 Å². The van der Waals surface area contributed by atoms with Crippen LogP contribution >= 0.6 is 12.4 Å². The van der Waals surface area contributed by atoms with E-state index < -0.39 is 11.0 Å². The van der Waals surface area contributed by atoms with E-state index in [2.05, 4.69) is 20.9 Å². The van der Waals surface area contributed by atoms with E-state index in [9.17, 15) is 14.9 Å². The Morgan fingerprint density at radius 3 is 2.44 bits per heavy atom. The molecule has 0 radical (unpaired) electrons. The van der Waals surface area contributed by atoms with Gasteiger partial charge in [0, 0.05) is 35.6 Å². The number of amidine groups is 1. The van der Waals surface area contributed by atoms with Gasteiger partial charge in [0.25, 0.3) is 5.69 Å². The first-order valence-electron chi connectivity index (χ1n) is 7.33. The van der Waals surface area contributed by atoms with Gasteiger partial charge in [-0.05, 0) is 18.2 Å². The van der Waals surface area contributed by atoms with E-state index in [0.29, 0.717) is 11.4 Å². The third kappa shape index (κ3) is 4.67. The van der Waals surface area contributed by atoms with Crippen molar-refractivity contribution < 1.29 is 9.72 Å². The molecule has 3 rings (SSSR count). The second kappa shape index (κ2) is 8.11. The van der Waals surface area contributed by atoms with Crippen LogP contribution in [0.2, 0.25) is 0 Å². The Kier molecular flexibility index (Phi) is 5.91. The van der Waals surface area contributed by atoms with Crippen LogP contribution in [0, 0.1) is 10.1 Å². The number of rotatable bonds is 4. The Morgan fingerprint density at radius 2 is 1.80 bits per heavy atom. The van der Waals surface area contributed by atoms with Gasteiger partial charge in [0.1, 0.15) is 5.84 Å². The Hall–Kier alpha value is -3.13. The standard InChI is InChI=1S/C16H15N5O3.ClH/c22-16(20-13-5-2-6-14(10-13)21(23)24)19-12-4-1-3-11(9-12)15-17-7-8-18-15;/h1-6,9-10H,7-8H2,(H,17,18)(H2,19,20,22);1H. The number of nitro groups is 1. The van der Waals surface area contributed by atoms with Crippen molar-refractivity contribution in [2.75, 3.05) is 23.7 Å². The predicted octanol–water partition coefficient (Wildman–Crippen LogP) is 3.01. The molecule has 0 aromatic heterocycles. The molecule has 9 heteroatoms. The van der Waals surface area contributed by atoms with Crippen LogP contribution in [-0.4, -0.2) is 29.9 Å². The lowest BCUT2D eigenvalue weighted by Gasteiger charge is -2.09. The average Bonchev–Trinajstić information content (AvgIpc) is 3.09. The first kappa shape index (κ1) is 18.2. The third-order valence-electron chi connectivity index (χ3n) is 3.38. The summed E-state index contributed by atoms with van der Waals surface area (Å²) in [4.78, 5) is 26.6. The summed E-state index contributed by atoms with van der Waals surface area (Å²) in [5.41, 5.74) is 1.76. The van der Waals surface area contributed by atoms with E-state index in [0.717, 1.165) is 24.5 Å². The second-order valence-electron chi connectivity index (χ2n) is 5.12. The third-order valence-corrected chi connectivity index (χ3v) is 3.38. The molecule has 2 aromatic carbocycles. The summed E-state index contributed by atoms with van der Waals surface area (Å²) in [6.07, 6.45) is 0. The Labute approximate surface area is 149 Å². The number of urea groups is 1. The fourth-order valence-electron chi connectivity index (χ4n) is 2.33. The number of aliphatic imine (C=N–C) groups is 1. The Morgan fingerprint density at radius 1 is 1.12 bits per heavy atom. The van der Waals surface area contributed by atoms with E-state index >= 15 is 0 Å². The number of nitrogens with zero attached hydrogens (tertiary/aromatic N) is 2. The van der Waals surface area contributed by atoms with Gasteiger partial charge < -0.3 is 16.0 Å². The molecule has 0 atom stereocenters. The highest BCUT2D eigenvalue weighted by atomic mass is 35.5. The first-order chi connectivity index (χ1) is 11.6. The summed E-state index contributed by atoms with van der Waals surface area (Å²) in [5.74, 6) is 0.803. The van der Waals surface area contributed by atoms with E-state index in [1.54, 1.807) is 12.1 Å². The van der Waals surface area contributed by atoms with Crippen molar-refractivity contribution in [2.24, 2.45) is 4.99 Å². The van der Waals surface area contributed by atoms with Crippen molar-refractivity contribution in [3.63, 3.8) is 0 Å². The molecular weight excluding hydrogens is 346 g/mol. The fourth-order valence-corrected chi connectivity index (χ4v) is 2.33. The zero-order chi connectivity index (χ0) is 16.9. The normalized spacial score (nSPS) is 12.4. The van der Waals surface area contributed by atoms with Gasteiger partial charge in [-0.25, -0.2) is 4.79 Å². The quantitative estimate of drug-likeness (QED) is 0.574. The molecule has 0 spiro atoms. The number of nitro benzene ring substituents is 1. The van der Waals surface area contributed by atoms with Gasteiger partial charge in [-0.1, -0.05) is 18.2 Å². The zero-order valence-corrected chi connectivity index (χ0v) is 13.9. The average molecular weight is 362 g/mol. The smallest absolute Gasteiger partial charge is 0.323 e. The van der Waals surface area contributed by atoms with Crippen LogP contribution in [0.4, 0.5) is 21.9 Å². The maximum atomic E-state index is 12.1. The SMILES string of the molecule is Cl.O=C(Nc1cccc(C2=NCCN2)c1)Nc1cccc([N+](=O)[O-])c1. The van der Waals surface area contributed by atoms with E-state index in [4.69, 9.17) is 0 Å². The van der Waals surface area contributed by atoms with Gasteiger partial charge in [0.15, 0.2) is 0 Å². The molecule has 1 aliphatic rings. The predicted molar refractivity (Wildman–Crippen MR) is 98.8 cm³/mol. The van der Waals surface area contributed by atoms with E-state index in [1.165, 1.54) is 18.2 Å². The summed E-state index contributed by atoms with van der Waals surface area (Å²) >= 11 is 0. The fraction of sp³-hybridized carbons (Fsp3) is 0.125. The molecule has 0 fully saturated rings. The Bertz CT molecular complexity index is 825. The van der Waals surface area contributed by atoms with Crippen molar-refractivity contribution in [1.29, 1.82) is 0 Å². The van der Waals surface area contributed by atoms with Gasteiger partial charge in [0.05, 0.1) is 11.5 Å². The van der Waals surface area contributed by atoms with Crippen molar-refractivity contribution in [3.8, 4) is 0 Å². The van der Waals surface area contributed by atoms with E-state index in [-0.39, 0.29) is 18.1 Å². The summed E-state index contributed by atoms with van der Waals surface area (Å²) in [6.45, 7) is 1.54. The lowest BCUT2D eigenvalue weighted by atomic mass is 10.2. The minimum absolute atomic E-state index is 0. The molecule has 2 amide bonds. The van der Waals surface area contributed by atoms with Gasteiger partial charge in [-0.3, -0.25) is 15.1 Å². The Balaban J connectivity index is 0.00000225. The highest BCUT2D eigenvalue weighted by Crippen LogP contribution is 2.18. The molecule has 25 heavy (non-hydrogen) atoms. The number of carbonyl (C=O) groups is 1. The lowest BCUT2D eigenvalue weighted by Crippen LogP contribution is -2.21. The summed E-state index contributed by atoms with van der Waals surface area (Å²) in [5, 5.41) is 19.2. The van der Waals surface area contributed by atoms with Crippen molar-refractivity contribution in [2.45, 2.75) is 0 Å². The molecule has 1 heterocycles. The summed E-state index contributed by atoms with van der Waals surface area (Å²) in [7, 11) is 0. The van der Waals surface area contributed by atoms with Crippen LogP contribution in [0.15, 0.2) is 53.5 Å². The van der Waals surface area contributed by atoms with Crippen LogP contribution in [0.1, 0.15) is 5.56 Å². The molecule has 0 bridgehead atoms. The molecule has 2 aromatic rings. The highest BCUT2D eigenvalue weighted by Gasteiger charge is 2.10. The van der Waals surface area contributed by atoms with Gasteiger partial charge in [-0.15, -0.1) is 12.4 Å². The number of non-ortho nitro benzene ring substituents is 1. The monoisotopic (exact) mass is 361 g/mol. The molecule has 3 N–H and O–H groups in total. The van der Waals surface area contributed by atoms with Crippen molar-refractivity contribution >= 4 is 41.3 Å². The van der Waals surface area contributed by atoms with Crippen LogP contribution in [0.25, 0.3) is 0 Å². The van der Waals surface area contributed by atoms with Crippen molar-refractivity contribution in [3.05, 3.63) is 64.2 Å². The molecule has 0 saturated carbocycles. The number of nitrogens with one attached hydrogen (secondary N) is 3. The molecule has 0 aliphatic carbocycles. The minimum atomic E-state index is -0.512. The van der Waals surface area contributed by atoms with Crippen LogP contribution < -0.4 is 16.0 Å². The summed E-state index contributed by atoms with van der Waals surface area (Å²) < 4.78 is 0. The lowest BCUT2D eigenvalue weighted by molar-refractivity contribution is -0.384. The number of carbonyl (C=O) groups excluding carboxylic acids is 1. The topological polar surface area (TPSA) is 109 Å². The zero-order valence-electron chi connectivity index (χ0n) is 13.1. The maximum absolute atomic E-state index is 12.1. The molecular formula is C16H16ClN5O3. The first-order valence-corrected chi connectivity index (χ1v) is 7.33. The number of benzene rings is 2. The molecule has 8 nitrogen and oxygen atoms in total. The summed E-state index contributed by atoms with van der Waals surface area (Å²) in [6, 6.07) is 12.6. The van der Waals surface area contributed by atoms with Gasteiger partial charge in [0.2, 0.25) is 0 Å². The molecule has 0 saturated heterocycles. The number of anilines is 2. The number of hydrogen-bond acceptors (Lipinski definition) is 5. The van der Waals surface area contributed by atoms with Crippen LogP contribution in [-0.2, 0) is 0 Å². The largest absolute Gasteiger partial charge is 0.368 e. The molecule has 130 valence electrons. The minimum Gasteiger partial charge on any atom is -0.368 e. The second-order valence-corrected chi connectivity index (χ2v) is 5.12. The number of halogens is 1. The highest BCUT2D eigenvalue weighted by molar-refractivity contribution is 6.03. The number of amides is 2. The molecule has 1 aliphatic heterocycles. The van der Waals surface area contributed by atoms with Gasteiger partial charge >= 0.3 is 6.03 Å². The molecule has 0 unspecified atom stereocenters. The van der Waals surface area contributed by atoms with E-state index in [1.807, 2.05) is 18.2 Å². The van der Waals surface area contributed by atoms with Crippen LogP contribution in [0.5, 0.6) is 0 Å².